The molecule has 5 rings (SSSR count). The minimum absolute atomic E-state index is 0.389. The third kappa shape index (κ3) is 1.35. The summed E-state index contributed by atoms with van der Waals surface area (Å²) in [5, 5.41) is 0. The first-order chi connectivity index (χ1) is 8.29. The molecule has 0 spiro atoms. The summed E-state index contributed by atoms with van der Waals surface area (Å²) in [7, 11) is 0. The normalized spacial score (nSPS) is 43.2. The van der Waals surface area contributed by atoms with Crippen LogP contribution in [0.5, 0.6) is 0 Å². The zero-order valence-corrected chi connectivity index (χ0v) is 10.3. The van der Waals surface area contributed by atoms with E-state index in [-0.39, 0.29) is 0 Å². The molecule has 4 aliphatic rings. The number of nitrogens with zero attached hydrogens (tertiary/aromatic N) is 2. The molecular formula is C14H21N3. The molecule has 0 radical (unpaired) electrons. The van der Waals surface area contributed by atoms with E-state index in [1.165, 1.54) is 38.5 Å². The van der Waals surface area contributed by atoms with Crippen molar-refractivity contribution in [2.24, 2.45) is 23.5 Å². The van der Waals surface area contributed by atoms with Crippen LogP contribution in [0.25, 0.3) is 0 Å². The molecule has 3 heteroatoms. The van der Waals surface area contributed by atoms with Gasteiger partial charge >= 0.3 is 0 Å². The van der Waals surface area contributed by atoms with E-state index in [2.05, 4.69) is 15.7 Å². The zero-order valence-electron chi connectivity index (χ0n) is 10.3. The SMILES string of the molecule is NCc1nccn1C12CC3CC(CC(C3)C1)C2. The molecule has 0 aliphatic heterocycles. The van der Waals surface area contributed by atoms with E-state index < -0.39 is 0 Å². The summed E-state index contributed by atoms with van der Waals surface area (Å²) in [6, 6.07) is 0. The molecule has 0 atom stereocenters. The van der Waals surface area contributed by atoms with Gasteiger partial charge in [-0.15, -0.1) is 0 Å². The molecule has 3 nitrogen and oxygen atoms in total. The molecule has 4 bridgehead atoms. The van der Waals surface area contributed by atoms with Crippen molar-refractivity contribution in [3.8, 4) is 0 Å². The average molecular weight is 231 g/mol. The van der Waals surface area contributed by atoms with Gasteiger partial charge in [0.25, 0.3) is 0 Å². The van der Waals surface area contributed by atoms with Gasteiger partial charge in [-0.05, 0) is 56.3 Å². The second-order valence-electron chi connectivity index (χ2n) is 6.56. The van der Waals surface area contributed by atoms with Gasteiger partial charge in [-0.3, -0.25) is 0 Å². The highest BCUT2D eigenvalue weighted by atomic mass is 15.1. The lowest BCUT2D eigenvalue weighted by Crippen LogP contribution is -2.52. The Kier molecular flexibility index (Phi) is 1.99. The Labute approximate surface area is 102 Å². The highest BCUT2D eigenvalue weighted by molar-refractivity contribution is 5.09. The second-order valence-corrected chi connectivity index (χ2v) is 6.56. The Balaban J connectivity index is 1.77. The number of hydrogen-bond donors (Lipinski definition) is 1. The molecule has 17 heavy (non-hydrogen) atoms. The quantitative estimate of drug-likeness (QED) is 0.848. The number of hydrogen-bond acceptors (Lipinski definition) is 2. The van der Waals surface area contributed by atoms with E-state index in [0.717, 1.165) is 23.6 Å². The summed E-state index contributed by atoms with van der Waals surface area (Å²) in [4.78, 5) is 4.43. The first-order valence-corrected chi connectivity index (χ1v) is 7.02. The summed E-state index contributed by atoms with van der Waals surface area (Å²) < 4.78 is 2.44. The Hall–Kier alpha value is -0.830. The van der Waals surface area contributed by atoms with Gasteiger partial charge < -0.3 is 10.3 Å². The van der Waals surface area contributed by atoms with Crippen molar-refractivity contribution in [1.82, 2.24) is 9.55 Å². The van der Waals surface area contributed by atoms with Crippen molar-refractivity contribution in [3.05, 3.63) is 18.2 Å². The largest absolute Gasteiger partial charge is 0.328 e. The summed E-state index contributed by atoms with van der Waals surface area (Å²) in [5.41, 5.74) is 6.22. The third-order valence-corrected chi connectivity index (χ3v) is 5.42. The van der Waals surface area contributed by atoms with E-state index in [1.807, 2.05) is 6.20 Å². The maximum absolute atomic E-state index is 5.83. The third-order valence-electron chi connectivity index (χ3n) is 5.42. The van der Waals surface area contributed by atoms with Crippen LogP contribution in [0.15, 0.2) is 12.4 Å². The molecule has 4 saturated carbocycles. The van der Waals surface area contributed by atoms with E-state index in [4.69, 9.17) is 5.73 Å². The van der Waals surface area contributed by atoms with Gasteiger partial charge in [-0.2, -0.15) is 0 Å². The van der Waals surface area contributed by atoms with Crippen LogP contribution in [0.2, 0.25) is 0 Å². The average Bonchev–Trinajstić information content (AvgIpc) is 2.75. The fraction of sp³-hybridized carbons (Fsp3) is 0.786. The van der Waals surface area contributed by atoms with Crippen LogP contribution in [-0.2, 0) is 12.1 Å². The smallest absolute Gasteiger partial charge is 0.122 e. The fourth-order valence-electron chi connectivity index (χ4n) is 5.28. The second kappa shape index (κ2) is 3.35. The van der Waals surface area contributed by atoms with Crippen molar-refractivity contribution < 1.29 is 0 Å². The summed E-state index contributed by atoms with van der Waals surface area (Å²) >= 11 is 0. The molecule has 0 aromatic carbocycles. The van der Waals surface area contributed by atoms with Crippen LogP contribution >= 0.6 is 0 Å². The van der Waals surface area contributed by atoms with Crippen molar-refractivity contribution >= 4 is 0 Å². The zero-order chi connectivity index (χ0) is 11.5. The molecular weight excluding hydrogens is 210 g/mol. The number of nitrogens with two attached hydrogens (primary N) is 1. The molecule has 0 amide bonds. The molecule has 1 heterocycles. The summed E-state index contributed by atoms with van der Waals surface area (Å²) in [5.74, 6) is 4.03. The molecule has 1 aromatic heterocycles. The fourth-order valence-corrected chi connectivity index (χ4v) is 5.28. The monoisotopic (exact) mass is 231 g/mol. The molecule has 2 N–H and O–H groups in total. The van der Waals surface area contributed by atoms with Crippen LogP contribution in [0.1, 0.15) is 44.3 Å². The van der Waals surface area contributed by atoms with Crippen molar-refractivity contribution in [1.29, 1.82) is 0 Å². The van der Waals surface area contributed by atoms with Gasteiger partial charge in [0.1, 0.15) is 5.82 Å². The highest BCUT2D eigenvalue weighted by Gasteiger charge is 2.52. The molecule has 0 unspecified atom stereocenters. The van der Waals surface area contributed by atoms with Gasteiger partial charge in [0.15, 0.2) is 0 Å². The maximum Gasteiger partial charge on any atom is 0.122 e. The summed E-state index contributed by atoms with van der Waals surface area (Å²) in [6.07, 6.45) is 12.7. The molecule has 92 valence electrons. The Bertz CT molecular complexity index is 399. The van der Waals surface area contributed by atoms with E-state index in [1.54, 1.807) is 0 Å². The van der Waals surface area contributed by atoms with E-state index >= 15 is 0 Å². The van der Waals surface area contributed by atoms with Crippen molar-refractivity contribution in [2.75, 3.05) is 0 Å². The lowest BCUT2D eigenvalue weighted by atomic mass is 9.53. The number of imidazole rings is 1. The van der Waals surface area contributed by atoms with Crippen LogP contribution in [0.4, 0.5) is 0 Å². The molecule has 4 fully saturated rings. The van der Waals surface area contributed by atoms with Gasteiger partial charge in [-0.25, -0.2) is 4.98 Å². The van der Waals surface area contributed by atoms with Gasteiger partial charge in [0.05, 0.1) is 6.54 Å². The number of rotatable bonds is 2. The summed E-state index contributed by atoms with van der Waals surface area (Å²) in [6.45, 7) is 0.578. The minimum Gasteiger partial charge on any atom is -0.328 e. The Morgan fingerprint density at radius 1 is 1.18 bits per heavy atom. The first kappa shape index (κ1) is 10.1. The Morgan fingerprint density at radius 3 is 2.29 bits per heavy atom. The van der Waals surface area contributed by atoms with Gasteiger partial charge in [-0.1, -0.05) is 0 Å². The highest BCUT2D eigenvalue weighted by Crippen LogP contribution is 2.58. The minimum atomic E-state index is 0.389. The topological polar surface area (TPSA) is 43.8 Å². The van der Waals surface area contributed by atoms with Crippen molar-refractivity contribution in [2.45, 2.75) is 50.6 Å². The predicted octanol–water partition coefficient (Wildman–Crippen LogP) is 2.27. The van der Waals surface area contributed by atoms with Crippen LogP contribution < -0.4 is 5.73 Å². The van der Waals surface area contributed by atoms with E-state index in [9.17, 15) is 0 Å². The first-order valence-electron chi connectivity index (χ1n) is 7.02. The standard InChI is InChI=1S/C14H21N3/c15-9-13-16-1-2-17(13)14-6-10-3-11(7-14)5-12(4-10)8-14/h1-2,10-12H,3-9,15H2. The molecule has 1 aromatic rings. The van der Waals surface area contributed by atoms with Crippen LogP contribution in [-0.4, -0.2) is 9.55 Å². The Morgan fingerprint density at radius 2 is 1.76 bits per heavy atom. The van der Waals surface area contributed by atoms with E-state index in [0.29, 0.717) is 12.1 Å². The van der Waals surface area contributed by atoms with Crippen LogP contribution in [0, 0.1) is 17.8 Å². The van der Waals surface area contributed by atoms with Crippen LogP contribution in [0.3, 0.4) is 0 Å². The predicted molar refractivity (Wildman–Crippen MR) is 66.3 cm³/mol. The van der Waals surface area contributed by atoms with Crippen molar-refractivity contribution in [3.63, 3.8) is 0 Å². The number of aromatic nitrogens is 2. The maximum atomic E-state index is 5.83. The lowest BCUT2D eigenvalue weighted by molar-refractivity contribution is -0.0444. The molecule has 0 saturated heterocycles. The molecule has 4 aliphatic carbocycles. The van der Waals surface area contributed by atoms with Gasteiger partial charge in [0.2, 0.25) is 0 Å². The van der Waals surface area contributed by atoms with Gasteiger partial charge in [0, 0.05) is 17.9 Å². The lowest BCUT2D eigenvalue weighted by Gasteiger charge is -2.57.